The van der Waals surface area contributed by atoms with Gasteiger partial charge in [0.05, 0.1) is 11.7 Å². The third kappa shape index (κ3) is 5.34. The Morgan fingerprint density at radius 3 is 2.81 bits per heavy atom. The zero-order valence-corrected chi connectivity index (χ0v) is 21.1. The van der Waals surface area contributed by atoms with E-state index in [1.54, 1.807) is 16.2 Å². The van der Waals surface area contributed by atoms with Gasteiger partial charge in [0, 0.05) is 54.4 Å². The quantitative estimate of drug-likeness (QED) is 0.436. The Bertz CT molecular complexity index is 1140. The maximum Gasteiger partial charge on any atom is 0.419 e. The zero-order chi connectivity index (χ0) is 26.4. The summed E-state index contributed by atoms with van der Waals surface area (Å²) in [5, 5.41) is 13.3. The summed E-state index contributed by atoms with van der Waals surface area (Å²) in [6.07, 6.45) is 0.714. The van der Waals surface area contributed by atoms with Gasteiger partial charge in [-0.15, -0.1) is 11.3 Å². The highest BCUT2D eigenvalue weighted by Gasteiger charge is 2.64. The number of benzene rings is 1. The number of hydrogen-bond acceptors (Lipinski definition) is 6. The lowest BCUT2D eigenvalue weighted by atomic mass is 10.0. The Kier molecular flexibility index (Phi) is 7.20. The number of nitrogens with one attached hydrogen (secondary N) is 1. The molecule has 7 nitrogen and oxygen atoms in total. The first-order chi connectivity index (χ1) is 17.6. The van der Waals surface area contributed by atoms with Crippen LogP contribution in [-0.2, 0) is 18.1 Å². The first-order valence-electron chi connectivity index (χ1n) is 12.6. The minimum atomic E-state index is -4.86. The van der Waals surface area contributed by atoms with Gasteiger partial charge in [0.25, 0.3) is 0 Å². The number of rotatable bonds is 8. The molecule has 2 aliphatic carbocycles. The monoisotopic (exact) mass is 541 g/mol. The number of anilines is 1. The average molecular weight is 542 g/mol. The predicted molar refractivity (Wildman–Crippen MR) is 132 cm³/mol. The van der Waals surface area contributed by atoms with E-state index < -0.39 is 23.6 Å². The average Bonchev–Trinajstić information content (AvgIpc) is 3.18. The van der Waals surface area contributed by atoms with Crippen molar-refractivity contribution in [1.29, 1.82) is 0 Å². The molecule has 3 fully saturated rings. The second kappa shape index (κ2) is 10.1. The molecule has 0 spiro atoms. The summed E-state index contributed by atoms with van der Waals surface area (Å²) in [6, 6.07) is 1.96. The van der Waals surface area contributed by atoms with Crippen molar-refractivity contribution < 1.29 is 27.5 Å². The largest absolute Gasteiger partial charge is 0.419 e. The van der Waals surface area contributed by atoms with Crippen molar-refractivity contribution in [3.8, 4) is 0 Å². The van der Waals surface area contributed by atoms with E-state index in [9.17, 15) is 27.5 Å². The lowest BCUT2D eigenvalue weighted by Crippen LogP contribution is -2.44. The second-order valence-electron chi connectivity index (χ2n) is 10.3. The van der Waals surface area contributed by atoms with Gasteiger partial charge in [-0.1, -0.05) is 0 Å². The van der Waals surface area contributed by atoms with Crippen molar-refractivity contribution in [3.63, 3.8) is 0 Å². The van der Waals surface area contributed by atoms with Crippen molar-refractivity contribution >= 4 is 23.1 Å². The van der Waals surface area contributed by atoms with Crippen LogP contribution in [0.5, 0.6) is 0 Å². The highest BCUT2D eigenvalue weighted by molar-refractivity contribution is 7.11. The van der Waals surface area contributed by atoms with Crippen LogP contribution in [0, 0.1) is 11.7 Å². The molecule has 1 unspecified atom stereocenters. The number of aliphatic hydroxyl groups is 1. The number of carbonyl (C=O) groups is 1. The molecule has 202 valence electrons. The molecule has 1 aromatic heterocycles. The van der Waals surface area contributed by atoms with Crippen LogP contribution in [0.3, 0.4) is 0 Å². The van der Waals surface area contributed by atoms with Gasteiger partial charge in [0.15, 0.2) is 0 Å². The van der Waals surface area contributed by atoms with Crippen molar-refractivity contribution in [3.05, 3.63) is 45.7 Å². The van der Waals surface area contributed by atoms with E-state index >= 15 is 0 Å². The highest BCUT2D eigenvalue weighted by Crippen LogP contribution is 2.66. The van der Waals surface area contributed by atoms with Crippen molar-refractivity contribution in [1.82, 2.24) is 14.8 Å². The van der Waals surface area contributed by atoms with Crippen LogP contribution in [0.15, 0.2) is 24.4 Å². The number of halogens is 4. The standard InChI is InChI=1S/C25H31F4N5O2S/c26-19-3-2-15(10-17(19)25(27,28)29)32-23(36)34(8-1-7-33-9-5-16(35)14-33)20-4-6-24(11-18(20)24)21-13-31-22(12-30)37-21/h2-3,10,13,16,18,20,35H,1,4-9,11-12,14,30H2,(H,32,36)/t16-,18+,20?,24-/m1/s1. The number of aromatic nitrogens is 1. The summed E-state index contributed by atoms with van der Waals surface area (Å²) >= 11 is 1.61. The molecule has 2 saturated carbocycles. The minimum Gasteiger partial charge on any atom is -0.392 e. The first kappa shape index (κ1) is 26.3. The van der Waals surface area contributed by atoms with Gasteiger partial charge in [0.1, 0.15) is 10.8 Å². The Morgan fingerprint density at radius 1 is 1.35 bits per heavy atom. The number of thiazole rings is 1. The number of nitrogens with zero attached hydrogens (tertiary/aromatic N) is 3. The molecule has 1 aliphatic heterocycles. The second-order valence-corrected chi connectivity index (χ2v) is 11.4. The Balaban J connectivity index is 1.32. The molecule has 1 aromatic carbocycles. The number of likely N-dealkylation sites (tertiary alicyclic amines) is 1. The van der Waals surface area contributed by atoms with Crippen LogP contribution in [-0.4, -0.2) is 64.2 Å². The first-order valence-corrected chi connectivity index (χ1v) is 13.4. The Morgan fingerprint density at radius 2 is 2.16 bits per heavy atom. The fourth-order valence-corrected chi connectivity index (χ4v) is 7.15. The molecule has 1 saturated heterocycles. The van der Waals surface area contributed by atoms with Gasteiger partial charge in [-0.2, -0.15) is 13.2 Å². The minimum absolute atomic E-state index is 0.0212. The van der Waals surface area contributed by atoms with Gasteiger partial charge in [-0.3, -0.25) is 0 Å². The topological polar surface area (TPSA) is 94.7 Å². The summed E-state index contributed by atoms with van der Waals surface area (Å²) in [6.45, 7) is 2.93. The molecule has 2 aromatic rings. The van der Waals surface area contributed by atoms with Crippen molar-refractivity contribution in [2.75, 3.05) is 31.5 Å². The molecule has 4 N–H and O–H groups in total. The highest BCUT2D eigenvalue weighted by atomic mass is 32.1. The molecule has 2 heterocycles. The number of aliphatic hydroxyl groups excluding tert-OH is 1. The predicted octanol–water partition coefficient (Wildman–Crippen LogP) is 4.17. The van der Waals surface area contributed by atoms with Crippen molar-refractivity contribution in [2.24, 2.45) is 11.7 Å². The van der Waals surface area contributed by atoms with Gasteiger partial charge in [-0.25, -0.2) is 14.2 Å². The third-order valence-corrected chi connectivity index (χ3v) is 9.25. The lowest BCUT2D eigenvalue weighted by molar-refractivity contribution is -0.139. The van der Waals surface area contributed by atoms with Gasteiger partial charge >= 0.3 is 12.2 Å². The van der Waals surface area contributed by atoms with Gasteiger partial charge in [0.2, 0.25) is 0 Å². The molecule has 0 bridgehead atoms. The zero-order valence-electron chi connectivity index (χ0n) is 20.3. The van der Waals surface area contributed by atoms with E-state index in [1.807, 2.05) is 6.20 Å². The molecule has 12 heteroatoms. The maximum absolute atomic E-state index is 13.8. The van der Waals surface area contributed by atoms with E-state index in [0.717, 1.165) is 49.4 Å². The normalized spacial score (nSPS) is 27.4. The van der Waals surface area contributed by atoms with Gasteiger partial charge < -0.3 is 26.0 Å². The molecule has 4 atom stereocenters. The molecule has 0 radical (unpaired) electrons. The molecule has 5 rings (SSSR count). The number of fused-ring (bicyclic) bond motifs is 1. The van der Waals surface area contributed by atoms with Crippen LogP contribution in [0.4, 0.5) is 28.0 Å². The van der Waals surface area contributed by atoms with E-state index in [1.165, 1.54) is 4.88 Å². The lowest BCUT2D eigenvalue weighted by Gasteiger charge is -2.31. The number of urea groups is 1. The van der Waals surface area contributed by atoms with E-state index in [4.69, 9.17) is 5.73 Å². The Labute approximate surface area is 216 Å². The Hall–Kier alpha value is -2.28. The molecular formula is C25H31F4N5O2S. The SMILES string of the molecule is NCc1ncc([C@@]23CCC(N(CCCN4CC[C@@H](O)C4)C(=O)Nc4ccc(F)c(C(F)(F)F)c4)[C@@H]2C3)s1. The number of alkyl halides is 3. The molecular weight excluding hydrogens is 510 g/mol. The van der Waals surface area contributed by atoms with Crippen molar-refractivity contribution in [2.45, 2.75) is 62.4 Å². The van der Waals surface area contributed by atoms with Crippen LogP contribution in [0.1, 0.15) is 47.6 Å². The van der Waals surface area contributed by atoms with E-state index in [-0.39, 0.29) is 29.2 Å². The molecule has 3 aliphatic rings. The number of nitrogens with two attached hydrogens (primary N) is 1. The number of carbonyl (C=O) groups excluding carboxylic acids is 1. The summed E-state index contributed by atoms with van der Waals surface area (Å²) in [7, 11) is 0. The fraction of sp³-hybridized carbons (Fsp3) is 0.600. The van der Waals surface area contributed by atoms with Gasteiger partial charge in [-0.05, 0) is 62.8 Å². The smallest absolute Gasteiger partial charge is 0.392 e. The third-order valence-electron chi connectivity index (χ3n) is 8.01. The summed E-state index contributed by atoms with van der Waals surface area (Å²) < 4.78 is 53.4. The van der Waals surface area contributed by atoms with Crippen LogP contribution < -0.4 is 11.1 Å². The fourth-order valence-electron chi connectivity index (χ4n) is 6.06. The number of amides is 2. The molecule has 37 heavy (non-hydrogen) atoms. The van der Waals surface area contributed by atoms with E-state index in [0.29, 0.717) is 38.7 Å². The number of β-amino-alcohol motifs (C(OH)–C–C–N with tert-alkyl or cyclic N) is 1. The summed E-state index contributed by atoms with van der Waals surface area (Å²) in [5.74, 6) is -1.13. The van der Waals surface area contributed by atoms with Crippen LogP contribution in [0.25, 0.3) is 0 Å². The maximum atomic E-state index is 13.8. The number of hydrogen-bond donors (Lipinski definition) is 3. The van der Waals surface area contributed by atoms with E-state index in [2.05, 4.69) is 15.2 Å². The van der Waals surface area contributed by atoms with Crippen LogP contribution in [0.2, 0.25) is 0 Å². The van der Waals surface area contributed by atoms with Crippen LogP contribution >= 0.6 is 11.3 Å². The molecule has 2 amide bonds. The summed E-state index contributed by atoms with van der Waals surface area (Å²) in [4.78, 5) is 22.9. The summed E-state index contributed by atoms with van der Waals surface area (Å²) in [5.41, 5.74) is 4.22.